The number of hydrogen-bond acceptors (Lipinski definition) is 4. The fourth-order valence-electron chi connectivity index (χ4n) is 4.09. The lowest BCUT2D eigenvalue weighted by Crippen LogP contribution is -2.23. The molecule has 0 aliphatic carbocycles. The van der Waals surface area contributed by atoms with Crippen LogP contribution in [0.1, 0.15) is 42.9 Å². The Morgan fingerprint density at radius 1 is 1.09 bits per heavy atom. The van der Waals surface area contributed by atoms with Gasteiger partial charge in [0.05, 0.1) is 11.6 Å². The zero-order valence-corrected chi connectivity index (χ0v) is 19.2. The van der Waals surface area contributed by atoms with E-state index in [0.717, 1.165) is 27.8 Å². The van der Waals surface area contributed by atoms with Gasteiger partial charge >= 0.3 is 5.97 Å². The number of Topliss-reactive ketones (excluding diaryl/α,β-unsaturated/α-hetero) is 1. The van der Waals surface area contributed by atoms with Gasteiger partial charge in [-0.2, -0.15) is 0 Å². The zero-order chi connectivity index (χ0) is 24.1. The Morgan fingerprint density at radius 2 is 1.82 bits per heavy atom. The molecule has 0 aliphatic rings. The number of nitrogens with one attached hydrogen (secondary N) is 1. The molecule has 3 rings (SSSR count). The third-order valence-electron chi connectivity index (χ3n) is 6.02. The number of phenols is 1. The highest BCUT2D eigenvalue weighted by Crippen LogP contribution is 2.31. The molecule has 3 N–H and O–H groups in total. The van der Waals surface area contributed by atoms with Gasteiger partial charge in [0.2, 0.25) is 0 Å². The molecule has 2 unspecified atom stereocenters. The summed E-state index contributed by atoms with van der Waals surface area (Å²) in [5.74, 6) is -1.89. The van der Waals surface area contributed by atoms with Crippen LogP contribution in [0.5, 0.6) is 5.75 Å². The summed E-state index contributed by atoms with van der Waals surface area (Å²) in [5, 5.41) is 27.8. The molecule has 33 heavy (non-hydrogen) atoms. The van der Waals surface area contributed by atoms with Gasteiger partial charge in [-0.05, 0) is 59.4 Å². The predicted octanol–water partition coefficient (Wildman–Crippen LogP) is 5.21. The lowest BCUT2D eigenvalue weighted by molar-refractivity contribution is -0.141. The molecule has 6 nitrogen and oxygen atoms in total. The molecular weight excluding hydrogens is 416 g/mol. The lowest BCUT2D eigenvalue weighted by atomic mass is 9.87. The first-order valence-corrected chi connectivity index (χ1v) is 11.1. The van der Waals surface area contributed by atoms with Gasteiger partial charge in [0.15, 0.2) is 5.78 Å². The SMILES string of the molecule is CCC(C(=N)C(=O)Cc1ccc(O)cc1-c1ccccc1C)c1ccn(CC(C)C(=O)O)c1. The number of carboxylic acids is 1. The number of aromatic nitrogens is 1. The number of carbonyl (C=O) groups excluding carboxylic acids is 1. The van der Waals surface area contributed by atoms with E-state index in [2.05, 4.69) is 0 Å². The van der Waals surface area contributed by atoms with Crippen molar-refractivity contribution in [3.8, 4) is 16.9 Å². The summed E-state index contributed by atoms with van der Waals surface area (Å²) in [6.07, 6.45) is 4.28. The quantitative estimate of drug-likeness (QED) is 0.372. The van der Waals surface area contributed by atoms with Gasteiger partial charge in [0, 0.05) is 31.3 Å². The molecule has 6 heteroatoms. The van der Waals surface area contributed by atoms with Crippen LogP contribution in [0.15, 0.2) is 60.9 Å². The normalized spacial score (nSPS) is 12.8. The second kappa shape index (κ2) is 10.3. The number of aliphatic carboxylic acids is 1. The summed E-state index contributed by atoms with van der Waals surface area (Å²) in [6.45, 7) is 5.90. The average Bonchev–Trinajstić information content (AvgIpc) is 3.23. The van der Waals surface area contributed by atoms with Gasteiger partial charge in [-0.15, -0.1) is 0 Å². The van der Waals surface area contributed by atoms with E-state index in [1.165, 1.54) is 0 Å². The van der Waals surface area contributed by atoms with Gasteiger partial charge in [-0.25, -0.2) is 0 Å². The second-order valence-electron chi connectivity index (χ2n) is 8.51. The molecule has 0 aliphatic heterocycles. The molecule has 0 amide bonds. The van der Waals surface area contributed by atoms with Crippen LogP contribution in [-0.2, 0) is 22.6 Å². The van der Waals surface area contributed by atoms with Crippen LogP contribution in [0.2, 0.25) is 0 Å². The smallest absolute Gasteiger partial charge is 0.308 e. The minimum atomic E-state index is -0.862. The van der Waals surface area contributed by atoms with Crippen LogP contribution in [0.25, 0.3) is 11.1 Å². The highest BCUT2D eigenvalue weighted by molar-refractivity contribution is 6.41. The highest BCUT2D eigenvalue weighted by atomic mass is 16.4. The van der Waals surface area contributed by atoms with E-state index < -0.39 is 11.9 Å². The minimum Gasteiger partial charge on any atom is -0.508 e. The number of benzene rings is 2. The number of rotatable bonds is 10. The van der Waals surface area contributed by atoms with E-state index in [1.807, 2.05) is 50.4 Å². The van der Waals surface area contributed by atoms with Crippen molar-refractivity contribution >= 4 is 17.5 Å². The van der Waals surface area contributed by atoms with Gasteiger partial charge in [-0.1, -0.05) is 44.2 Å². The van der Waals surface area contributed by atoms with Gasteiger partial charge in [-0.3, -0.25) is 9.59 Å². The van der Waals surface area contributed by atoms with Gasteiger partial charge in [0.25, 0.3) is 0 Å². The number of carboxylic acid groups (broad SMARTS) is 1. The number of carbonyl (C=O) groups is 2. The molecule has 0 fully saturated rings. The van der Waals surface area contributed by atoms with Crippen LogP contribution < -0.4 is 0 Å². The first-order chi connectivity index (χ1) is 15.7. The van der Waals surface area contributed by atoms with E-state index in [-0.39, 0.29) is 29.6 Å². The maximum Gasteiger partial charge on any atom is 0.308 e. The molecule has 0 spiro atoms. The number of ketones is 1. The van der Waals surface area contributed by atoms with Crippen molar-refractivity contribution in [2.24, 2.45) is 5.92 Å². The first-order valence-electron chi connectivity index (χ1n) is 11.1. The molecule has 3 aromatic rings. The van der Waals surface area contributed by atoms with Crippen molar-refractivity contribution < 1.29 is 19.8 Å². The fourth-order valence-corrected chi connectivity index (χ4v) is 4.09. The fraction of sp³-hybridized carbons (Fsp3) is 0.296. The summed E-state index contributed by atoms with van der Waals surface area (Å²) in [5.41, 5.74) is 4.40. The van der Waals surface area contributed by atoms with Crippen LogP contribution in [-0.4, -0.2) is 32.2 Å². The monoisotopic (exact) mass is 446 g/mol. The molecule has 2 aromatic carbocycles. The summed E-state index contributed by atoms with van der Waals surface area (Å²) >= 11 is 0. The number of nitrogens with zero attached hydrogens (tertiary/aromatic N) is 1. The number of hydrogen-bond donors (Lipinski definition) is 3. The van der Waals surface area contributed by atoms with Crippen molar-refractivity contribution in [2.75, 3.05) is 0 Å². The van der Waals surface area contributed by atoms with Crippen molar-refractivity contribution in [3.05, 3.63) is 77.6 Å². The number of phenolic OH excluding ortho intramolecular Hbond substituents is 1. The van der Waals surface area contributed by atoms with Crippen molar-refractivity contribution in [3.63, 3.8) is 0 Å². The Kier molecular flexibility index (Phi) is 7.48. The minimum absolute atomic E-state index is 0.0327. The molecule has 172 valence electrons. The Labute approximate surface area is 194 Å². The Hall–Kier alpha value is -3.67. The molecule has 1 aromatic heterocycles. The molecule has 1 heterocycles. The Balaban J connectivity index is 1.82. The van der Waals surface area contributed by atoms with Crippen LogP contribution >= 0.6 is 0 Å². The van der Waals surface area contributed by atoms with E-state index in [4.69, 9.17) is 10.5 Å². The third-order valence-corrected chi connectivity index (χ3v) is 6.02. The van der Waals surface area contributed by atoms with Crippen molar-refractivity contribution in [1.82, 2.24) is 4.57 Å². The van der Waals surface area contributed by atoms with Crippen LogP contribution in [0.4, 0.5) is 0 Å². The van der Waals surface area contributed by atoms with Gasteiger partial charge < -0.3 is 20.2 Å². The van der Waals surface area contributed by atoms with Crippen molar-refractivity contribution in [2.45, 2.75) is 46.1 Å². The Bertz CT molecular complexity index is 1180. The molecule has 0 bridgehead atoms. The van der Waals surface area contributed by atoms with Crippen LogP contribution in [0.3, 0.4) is 0 Å². The highest BCUT2D eigenvalue weighted by Gasteiger charge is 2.24. The molecule has 0 saturated carbocycles. The van der Waals surface area contributed by atoms with Gasteiger partial charge in [0.1, 0.15) is 5.75 Å². The van der Waals surface area contributed by atoms with E-state index in [0.29, 0.717) is 13.0 Å². The predicted molar refractivity (Wildman–Crippen MR) is 129 cm³/mol. The summed E-state index contributed by atoms with van der Waals surface area (Å²) in [7, 11) is 0. The van der Waals surface area contributed by atoms with E-state index >= 15 is 0 Å². The lowest BCUT2D eigenvalue weighted by Gasteiger charge is -2.16. The molecule has 2 atom stereocenters. The van der Waals surface area contributed by atoms with E-state index in [1.54, 1.807) is 35.9 Å². The zero-order valence-electron chi connectivity index (χ0n) is 19.2. The maximum absolute atomic E-state index is 13.1. The topological polar surface area (TPSA) is 103 Å². The number of aromatic hydroxyl groups is 1. The number of aryl methyl sites for hydroxylation is 1. The molecular formula is C27H30N2O4. The summed E-state index contributed by atoms with van der Waals surface area (Å²) in [4.78, 5) is 24.3. The Morgan fingerprint density at radius 3 is 2.48 bits per heavy atom. The third kappa shape index (κ3) is 5.58. The van der Waals surface area contributed by atoms with E-state index in [9.17, 15) is 14.7 Å². The van der Waals surface area contributed by atoms with Crippen LogP contribution in [0, 0.1) is 18.3 Å². The summed E-state index contributed by atoms with van der Waals surface area (Å²) < 4.78 is 1.80. The molecule has 0 saturated heterocycles. The first kappa shape index (κ1) is 24.0. The maximum atomic E-state index is 13.1. The largest absolute Gasteiger partial charge is 0.508 e. The van der Waals surface area contributed by atoms with Crippen molar-refractivity contribution in [1.29, 1.82) is 5.41 Å². The summed E-state index contributed by atoms with van der Waals surface area (Å²) in [6, 6.07) is 14.6. The standard InChI is InChI=1S/C27H30N2O4/c1-4-22(20-11-12-29(16-20)15-18(3)27(32)33)26(28)25(31)13-19-9-10-21(30)14-24(19)23-8-6-5-7-17(23)2/h5-12,14,16,18,22,28,30H,4,13,15H2,1-3H3,(H,32,33). The average molecular weight is 447 g/mol. The second-order valence-corrected chi connectivity index (χ2v) is 8.51. The molecule has 0 radical (unpaired) electrons.